The molecule has 0 aromatic heterocycles. The first-order valence-corrected chi connectivity index (χ1v) is 7.29. The van der Waals surface area contributed by atoms with Crippen LogP contribution >= 0.6 is 11.8 Å². The van der Waals surface area contributed by atoms with E-state index in [4.69, 9.17) is 5.73 Å². The first-order chi connectivity index (χ1) is 8.11. The number of benzene rings is 1. The summed E-state index contributed by atoms with van der Waals surface area (Å²) < 4.78 is 0. The van der Waals surface area contributed by atoms with Crippen LogP contribution in [0.5, 0.6) is 0 Å². The highest BCUT2D eigenvalue weighted by molar-refractivity contribution is 7.99. The molecule has 94 valence electrons. The fourth-order valence-corrected chi connectivity index (χ4v) is 3.20. The summed E-state index contributed by atoms with van der Waals surface area (Å²) in [6.07, 6.45) is 2.18. The van der Waals surface area contributed by atoms with Gasteiger partial charge in [0.15, 0.2) is 0 Å². The van der Waals surface area contributed by atoms with Crippen LogP contribution in [-0.2, 0) is 6.42 Å². The molecule has 0 aliphatic carbocycles. The second-order valence-corrected chi connectivity index (χ2v) is 6.62. The maximum atomic E-state index is 5.66. The van der Waals surface area contributed by atoms with E-state index in [1.54, 1.807) is 0 Å². The summed E-state index contributed by atoms with van der Waals surface area (Å²) in [4.78, 5) is 1.39. The molecule has 1 aromatic rings. The van der Waals surface area contributed by atoms with Crippen molar-refractivity contribution in [1.29, 1.82) is 0 Å². The van der Waals surface area contributed by atoms with Gasteiger partial charge in [-0.05, 0) is 42.5 Å². The van der Waals surface area contributed by atoms with Gasteiger partial charge < -0.3 is 11.1 Å². The van der Waals surface area contributed by atoms with Crippen LogP contribution in [0.25, 0.3) is 0 Å². The number of nitrogens with one attached hydrogen (secondary N) is 1. The van der Waals surface area contributed by atoms with Crippen molar-refractivity contribution in [3.05, 3.63) is 23.8 Å². The van der Waals surface area contributed by atoms with Gasteiger partial charge in [0.1, 0.15) is 0 Å². The molecule has 2 rings (SSSR count). The normalized spacial score (nSPS) is 15.2. The SMILES string of the molecule is CC(C)(CCN)Cc1ccc2c(c1)NCCS2. The number of thioether (sulfide) groups is 1. The molecule has 1 aliphatic rings. The van der Waals surface area contributed by atoms with Crippen molar-refractivity contribution in [2.24, 2.45) is 11.1 Å². The van der Waals surface area contributed by atoms with Crippen LogP contribution in [-0.4, -0.2) is 18.8 Å². The van der Waals surface area contributed by atoms with Gasteiger partial charge in [-0.15, -0.1) is 11.8 Å². The van der Waals surface area contributed by atoms with Gasteiger partial charge in [0, 0.05) is 22.9 Å². The topological polar surface area (TPSA) is 38.0 Å². The lowest BCUT2D eigenvalue weighted by Crippen LogP contribution is -2.20. The fourth-order valence-electron chi connectivity index (χ4n) is 2.33. The van der Waals surface area contributed by atoms with Crippen LogP contribution in [0, 0.1) is 5.41 Å². The van der Waals surface area contributed by atoms with Gasteiger partial charge in [-0.25, -0.2) is 0 Å². The Morgan fingerprint density at radius 2 is 2.24 bits per heavy atom. The Hall–Kier alpha value is -0.670. The molecule has 3 N–H and O–H groups in total. The fraction of sp³-hybridized carbons (Fsp3) is 0.571. The van der Waals surface area contributed by atoms with Crippen LogP contribution in [0.15, 0.2) is 23.1 Å². The zero-order chi connectivity index (χ0) is 12.3. The van der Waals surface area contributed by atoms with Crippen molar-refractivity contribution in [3.8, 4) is 0 Å². The molecule has 17 heavy (non-hydrogen) atoms. The summed E-state index contributed by atoms with van der Waals surface area (Å²) in [5, 5.41) is 3.48. The van der Waals surface area contributed by atoms with E-state index in [1.165, 1.54) is 21.9 Å². The average Bonchev–Trinajstić information content (AvgIpc) is 2.28. The molecular formula is C14H22N2S. The lowest BCUT2D eigenvalue weighted by molar-refractivity contribution is 0.339. The number of fused-ring (bicyclic) bond motifs is 1. The van der Waals surface area contributed by atoms with Crippen molar-refractivity contribution in [2.75, 3.05) is 24.2 Å². The number of hydrogen-bond donors (Lipinski definition) is 2. The minimum absolute atomic E-state index is 0.296. The smallest absolute Gasteiger partial charge is 0.0481 e. The third-order valence-corrected chi connectivity index (χ3v) is 4.30. The molecule has 1 aliphatic heterocycles. The van der Waals surface area contributed by atoms with Gasteiger partial charge in [-0.3, -0.25) is 0 Å². The zero-order valence-electron chi connectivity index (χ0n) is 10.8. The maximum absolute atomic E-state index is 5.66. The summed E-state index contributed by atoms with van der Waals surface area (Å²) in [6, 6.07) is 6.82. The van der Waals surface area contributed by atoms with E-state index in [0.717, 1.165) is 25.9 Å². The third-order valence-electron chi connectivity index (χ3n) is 3.22. The molecule has 0 atom stereocenters. The Morgan fingerprint density at radius 3 is 3.00 bits per heavy atom. The van der Waals surface area contributed by atoms with E-state index in [0.29, 0.717) is 5.41 Å². The maximum Gasteiger partial charge on any atom is 0.0481 e. The Balaban J connectivity index is 2.11. The molecule has 3 heteroatoms. The van der Waals surface area contributed by atoms with E-state index in [-0.39, 0.29) is 0 Å². The zero-order valence-corrected chi connectivity index (χ0v) is 11.6. The largest absolute Gasteiger partial charge is 0.383 e. The number of rotatable bonds is 4. The molecule has 0 amide bonds. The molecule has 1 heterocycles. The first-order valence-electron chi connectivity index (χ1n) is 6.30. The summed E-state index contributed by atoms with van der Waals surface area (Å²) in [5.74, 6) is 1.17. The third kappa shape index (κ3) is 3.39. The second kappa shape index (κ2) is 5.32. The van der Waals surface area contributed by atoms with Crippen molar-refractivity contribution in [2.45, 2.75) is 31.6 Å². The van der Waals surface area contributed by atoms with Gasteiger partial charge in [0.05, 0.1) is 0 Å². The number of anilines is 1. The monoisotopic (exact) mass is 250 g/mol. The van der Waals surface area contributed by atoms with Gasteiger partial charge in [-0.1, -0.05) is 19.9 Å². The number of hydrogen-bond acceptors (Lipinski definition) is 3. The lowest BCUT2D eigenvalue weighted by atomic mass is 9.82. The molecule has 2 nitrogen and oxygen atoms in total. The Bertz CT molecular complexity index is 388. The average molecular weight is 250 g/mol. The molecular weight excluding hydrogens is 228 g/mol. The Labute approximate surface area is 108 Å². The minimum atomic E-state index is 0.296. The molecule has 0 saturated heterocycles. The molecule has 1 aromatic carbocycles. The van der Waals surface area contributed by atoms with E-state index >= 15 is 0 Å². The van der Waals surface area contributed by atoms with Gasteiger partial charge in [0.25, 0.3) is 0 Å². The molecule has 0 fully saturated rings. The predicted molar refractivity (Wildman–Crippen MR) is 76.8 cm³/mol. The Kier molecular flexibility index (Phi) is 4.00. The molecule has 0 unspecified atom stereocenters. The van der Waals surface area contributed by atoms with Gasteiger partial charge in [0.2, 0.25) is 0 Å². The molecule has 0 bridgehead atoms. The van der Waals surface area contributed by atoms with Crippen LogP contribution in [0.1, 0.15) is 25.8 Å². The highest BCUT2D eigenvalue weighted by atomic mass is 32.2. The number of nitrogens with two attached hydrogens (primary N) is 1. The van der Waals surface area contributed by atoms with E-state index in [2.05, 4.69) is 37.4 Å². The van der Waals surface area contributed by atoms with Crippen LogP contribution in [0.4, 0.5) is 5.69 Å². The first kappa shape index (κ1) is 12.8. The summed E-state index contributed by atoms with van der Waals surface area (Å²) in [5.41, 5.74) is 8.68. The summed E-state index contributed by atoms with van der Waals surface area (Å²) in [6.45, 7) is 6.43. The van der Waals surface area contributed by atoms with E-state index < -0.39 is 0 Å². The molecule has 0 spiro atoms. The quantitative estimate of drug-likeness (QED) is 0.862. The van der Waals surface area contributed by atoms with Crippen molar-refractivity contribution >= 4 is 17.4 Å². The van der Waals surface area contributed by atoms with Crippen LogP contribution in [0.3, 0.4) is 0 Å². The summed E-state index contributed by atoms with van der Waals surface area (Å²) >= 11 is 1.94. The second-order valence-electron chi connectivity index (χ2n) is 5.49. The van der Waals surface area contributed by atoms with Crippen molar-refractivity contribution in [3.63, 3.8) is 0 Å². The standard InChI is InChI=1S/C14H22N2S/c1-14(2,5-6-15)10-11-3-4-13-12(9-11)16-7-8-17-13/h3-4,9,16H,5-8,10,15H2,1-2H3. The van der Waals surface area contributed by atoms with Crippen LogP contribution in [0.2, 0.25) is 0 Å². The minimum Gasteiger partial charge on any atom is -0.383 e. The van der Waals surface area contributed by atoms with Gasteiger partial charge >= 0.3 is 0 Å². The predicted octanol–water partition coefficient (Wildman–Crippen LogP) is 3.12. The lowest BCUT2D eigenvalue weighted by Gasteiger charge is -2.25. The van der Waals surface area contributed by atoms with Crippen molar-refractivity contribution in [1.82, 2.24) is 0 Å². The van der Waals surface area contributed by atoms with E-state index in [9.17, 15) is 0 Å². The molecule has 0 saturated carbocycles. The van der Waals surface area contributed by atoms with Crippen LogP contribution < -0.4 is 11.1 Å². The highest BCUT2D eigenvalue weighted by Crippen LogP contribution is 2.33. The summed E-state index contributed by atoms with van der Waals surface area (Å²) in [7, 11) is 0. The van der Waals surface area contributed by atoms with Crippen molar-refractivity contribution < 1.29 is 0 Å². The van der Waals surface area contributed by atoms with Gasteiger partial charge in [-0.2, -0.15) is 0 Å². The molecule has 0 radical (unpaired) electrons. The Morgan fingerprint density at radius 1 is 1.41 bits per heavy atom. The highest BCUT2D eigenvalue weighted by Gasteiger charge is 2.18. The van der Waals surface area contributed by atoms with E-state index in [1.807, 2.05) is 11.8 Å².